The van der Waals surface area contributed by atoms with Gasteiger partial charge in [0, 0.05) is 22.2 Å². The molecule has 0 unspecified atom stereocenters. The van der Waals surface area contributed by atoms with Crippen LogP contribution in [0, 0.1) is 0 Å². The van der Waals surface area contributed by atoms with Gasteiger partial charge in [-0.15, -0.1) is 11.8 Å². The fourth-order valence-electron chi connectivity index (χ4n) is 3.57. The number of benzene rings is 3. The van der Waals surface area contributed by atoms with Crippen LogP contribution in [0.3, 0.4) is 0 Å². The third kappa shape index (κ3) is 8.50. The molecule has 1 amide bonds. The summed E-state index contributed by atoms with van der Waals surface area (Å²) < 4.78 is 17.2. The average Bonchev–Trinajstić information content (AvgIpc) is 2.90. The number of carboxylic acids is 1. The van der Waals surface area contributed by atoms with Crippen LogP contribution in [0.1, 0.15) is 24.5 Å². The number of ether oxygens (including phenoxy) is 3. The molecule has 3 rings (SSSR count). The number of phenols is 1. The Morgan fingerprint density at radius 1 is 1.05 bits per heavy atom. The van der Waals surface area contributed by atoms with Gasteiger partial charge in [-0.3, -0.25) is 5.32 Å². The minimum Gasteiger partial charge on any atom is -0.504 e. The second kappa shape index (κ2) is 13.8. The minimum absolute atomic E-state index is 0.120. The van der Waals surface area contributed by atoms with Crippen molar-refractivity contribution in [1.29, 1.82) is 0 Å². The highest BCUT2D eigenvalue weighted by Crippen LogP contribution is 2.34. The highest BCUT2D eigenvalue weighted by atomic mass is 32.2. The van der Waals surface area contributed by atoms with E-state index in [9.17, 15) is 14.7 Å². The van der Waals surface area contributed by atoms with E-state index in [1.54, 1.807) is 48.2 Å². The zero-order chi connectivity index (χ0) is 26.6. The monoisotopic (exact) mass is 523 g/mol. The van der Waals surface area contributed by atoms with Crippen molar-refractivity contribution in [2.24, 2.45) is 0 Å². The lowest BCUT2D eigenvalue weighted by molar-refractivity contribution is -0.131. The summed E-state index contributed by atoms with van der Waals surface area (Å²) in [5.41, 5.74) is 1.04. The van der Waals surface area contributed by atoms with Crippen molar-refractivity contribution in [1.82, 2.24) is 0 Å². The molecule has 0 bridgehead atoms. The molecular weight excluding hydrogens is 494 g/mol. The summed E-state index contributed by atoms with van der Waals surface area (Å²) in [4.78, 5) is 24.9. The molecule has 0 aliphatic heterocycles. The Kier molecular flexibility index (Phi) is 10.3. The molecule has 37 heavy (non-hydrogen) atoms. The van der Waals surface area contributed by atoms with E-state index in [4.69, 9.17) is 19.3 Å². The smallest absolute Gasteiger partial charge is 0.412 e. The lowest BCUT2D eigenvalue weighted by Crippen LogP contribution is -2.31. The number of thioether (sulfide) groups is 1. The van der Waals surface area contributed by atoms with E-state index in [0.717, 1.165) is 11.0 Å². The number of methoxy groups -OCH3 is 1. The summed E-state index contributed by atoms with van der Waals surface area (Å²) in [5, 5.41) is 22.1. The maximum Gasteiger partial charge on any atom is 0.412 e. The molecule has 194 valence electrons. The molecule has 8 nitrogen and oxygen atoms in total. The Hall–Kier alpha value is -4.11. The van der Waals surface area contributed by atoms with Crippen LogP contribution in [0.2, 0.25) is 0 Å². The number of allylic oxidation sites excluding steroid dienone is 1. The van der Waals surface area contributed by atoms with Gasteiger partial charge in [0.05, 0.1) is 7.11 Å². The number of carboxylic acid groups (broad SMARTS) is 1. The maximum absolute atomic E-state index is 13.0. The summed E-state index contributed by atoms with van der Waals surface area (Å²) in [7, 11) is 1.44. The normalized spacial score (nSPS) is 12.5. The van der Waals surface area contributed by atoms with Gasteiger partial charge in [0.25, 0.3) is 0 Å². The first-order valence-corrected chi connectivity index (χ1v) is 12.7. The number of hydrogen-bond acceptors (Lipinski definition) is 7. The SMILES string of the molecule is COc1ccc([C@@H](OC(=O)Nc2ccc(SC)cc2)[C@@H](CC/C=C/C(=O)O)Oc2ccccc2)cc1O. The lowest BCUT2D eigenvalue weighted by atomic mass is 9.99. The molecule has 0 radical (unpaired) electrons. The van der Waals surface area contributed by atoms with E-state index in [2.05, 4.69) is 5.32 Å². The van der Waals surface area contributed by atoms with E-state index in [1.165, 1.54) is 19.3 Å². The zero-order valence-electron chi connectivity index (χ0n) is 20.5. The van der Waals surface area contributed by atoms with E-state index in [1.807, 2.05) is 36.6 Å². The molecule has 0 fully saturated rings. The summed E-state index contributed by atoms with van der Waals surface area (Å²) in [6.07, 6.45) is 2.84. The Morgan fingerprint density at radius 3 is 2.41 bits per heavy atom. The van der Waals surface area contributed by atoms with Crippen LogP contribution >= 0.6 is 11.8 Å². The second-order valence-corrected chi connectivity index (χ2v) is 8.78. The number of carbonyl (C=O) groups is 2. The first kappa shape index (κ1) is 27.5. The third-order valence-corrected chi connectivity index (χ3v) is 6.09. The first-order valence-electron chi connectivity index (χ1n) is 11.5. The van der Waals surface area contributed by atoms with Crippen LogP contribution in [0.25, 0.3) is 0 Å². The van der Waals surface area contributed by atoms with Gasteiger partial charge in [0.1, 0.15) is 11.9 Å². The molecule has 2 atom stereocenters. The van der Waals surface area contributed by atoms with Crippen molar-refractivity contribution < 1.29 is 34.0 Å². The van der Waals surface area contributed by atoms with Gasteiger partial charge in [-0.25, -0.2) is 9.59 Å². The molecule has 0 aliphatic rings. The van der Waals surface area contributed by atoms with Crippen molar-refractivity contribution >= 4 is 29.5 Å². The maximum atomic E-state index is 13.0. The van der Waals surface area contributed by atoms with Crippen LogP contribution in [0.15, 0.2) is 89.8 Å². The second-order valence-electron chi connectivity index (χ2n) is 7.90. The van der Waals surface area contributed by atoms with Crippen LogP contribution in [0.4, 0.5) is 10.5 Å². The molecule has 3 N–H and O–H groups in total. The number of para-hydroxylation sites is 1. The highest BCUT2D eigenvalue weighted by Gasteiger charge is 2.30. The van der Waals surface area contributed by atoms with Crippen LogP contribution < -0.4 is 14.8 Å². The molecule has 0 aromatic heterocycles. The molecule has 0 spiro atoms. The van der Waals surface area contributed by atoms with Crippen molar-refractivity contribution in [3.63, 3.8) is 0 Å². The van der Waals surface area contributed by atoms with Crippen molar-refractivity contribution in [3.8, 4) is 17.2 Å². The molecular formula is C28H29NO7S. The molecule has 9 heteroatoms. The lowest BCUT2D eigenvalue weighted by Gasteiger charge is -2.28. The van der Waals surface area contributed by atoms with Gasteiger partial charge in [0.15, 0.2) is 17.6 Å². The van der Waals surface area contributed by atoms with Crippen LogP contribution in [-0.4, -0.2) is 41.7 Å². The van der Waals surface area contributed by atoms with E-state index >= 15 is 0 Å². The zero-order valence-corrected chi connectivity index (χ0v) is 21.3. The van der Waals surface area contributed by atoms with Gasteiger partial charge < -0.3 is 24.4 Å². The Balaban J connectivity index is 1.91. The average molecular weight is 524 g/mol. The topological polar surface area (TPSA) is 114 Å². The molecule has 3 aromatic rings. The van der Waals surface area contributed by atoms with Gasteiger partial charge in [0.2, 0.25) is 0 Å². The van der Waals surface area contributed by atoms with Crippen molar-refractivity contribution in [2.45, 2.75) is 29.9 Å². The fraction of sp³-hybridized carbons (Fsp3) is 0.214. The molecule has 0 heterocycles. The fourth-order valence-corrected chi connectivity index (χ4v) is 3.98. The number of phenolic OH excluding ortho intramolecular Hbond substituents is 1. The summed E-state index contributed by atoms with van der Waals surface area (Å²) >= 11 is 1.59. The standard InChI is InChI=1S/C28H29NO7S/c1-34-24-17-12-19(18-23(24)30)27(36-28(33)29-20-13-15-22(37-2)16-14-20)25(10-6-7-11-26(31)32)35-21-8-4-3-5-9-21/h3-5,7-9,11-18,25,27,30H,6,10H2,1-2H3,(H,29,33)(H,31,32)/b11-7+/t25-,27-/m1/s1. The summed E-state index contributed by atoms with van der Waals surface area (Å²) in [5.74, 6) is -0.356. The largest absolute Gasteiger partial charge is 0.504 e. The number of amides is 1. The van der Waals surface area contributed by atoms with E-state index < -0.39 is 24.3 Å². The Labute approximate surface area is 219 Å². The molecule has 0 saturated heterocycles. The number of anilines is 1. The number of aliphatic carboxylic acids is 1. The summed E-state index contributed by atoms with van der Waals surface area (Å²) in [6.45, 7) is 0. The first-order chi connectivity index (χ1) is 17.9. The number of rotatable bonds is 12. The van der Waals surface area contributed by atoms with Crippen molar-refractivity contribution in [2.75, 3.05) is 18.7 Å². The molecule has 3 aromatic carbocycles. The van der Waals surface area contributed by atoms with Gasteiger partial charge in [-0.05, 0) is 67.6 Å². The molecule has 0 aliphatic carbocycles. The predicted molar refractivity (Wildman–Crippen MR) is 143 cm³/mol. The van der Waals surface area contributed by atoms with E-state index in [-0.39, 0.29) is 11.5 Å². The van der Waals surface area contributed by atoms with Crippen LogP contribution in [-0.2, 0) is 9.53 Å². The highest BCUT2D eigenvalue weighted by molar-refractivity contribution is 7.98. The third-order valence-electron chi connectivity index (χ3n) is 5.35. The number of aromatic hydroxyl groups is 1. The Bertz CT molecular complexity index is 1200. The van der Waals surface area contributed by atoms with Gasteiger partial charge >= 0.3 is 12.1 Å². The van der Waals surface area contributed by atoms with Gasteiger partial charge in [-0.2, -0.15) is 0 Å². The molecule has 0 saturated carbocycles. The minimum atomic E-state index is -1.06. The van der Waals surface area contributed by atoms with Crippen molar-refractivity contribution in [3.05, 3.63) is 90.5 Å². The number of hydrogen-bond donors (Lipinski definition) is 3. The quantitative estimate of drug-likeness (QED) is 0.188. The number of carbonyl (C=O) groups excluding carboxylic acids is 1. The van der Waals surface area contributed by atoms with E-state index in [0.29, 0.717) is 29.8 Å². The summed E-state index contributed by atoms with van der Waals surface area (Å²) in [6, 6.07) is 21.1. The number of nitrogens with one attached hydrogen (secondary N) is 1. The predicted octanol–water partition coefficient (Wildman–Crippen LogP) is 6.28. The Morgan fingerprint density at radius 2 is 1.78 bits per heavy atom. The van der Waals surface area contributed by atoms with Gasteiger partial charge in [-0.1, -0.05) is 30.3 Å². The van der Waals surface area contributed by atoms with Crippen LogP contribution in [0.5, 0.6) is 17.2 Å².